The zero-order valence-corrected chi connectivity index (χ0v) is 12.7. The summed E-state index contributed by atoms with van der Waals surface area (Å²) in [5.74, 6) is -0.0787. The van der Waals surface area contributed by atoms with E-state index in [4.69, 9.17) is 0 Å². The molecule has 4 rings (SSSR count). The van der Waals surface area contributed by atoms with Gasteiger partial charge in [-0.15, -0.1) is 0 Å². The first-order valence-corrected chi connectivity index (χ1v) is 8.00. The predicted molar refractivity (Wildman–Crippen MR) is 86.8 cm³/mol. The summed E-state index contributed by atoms with van der Waals surface area (Å²) in [4.78, 5) is 15.6. The van der Waals surface area contributed by atoms with Crippen molar-refractivity contribution in [3.8, 4) is 17.3 Å². The molecule has 2 saturated heterocycles. The van der Waals surface area contributed by atoms with Crippen molar-refractivity contribution in [2.45, 2.75) is 37.4 Å². The van der Waals surface area contributed by atoms with Crippen LogP contribution in [0.2, 0.25) is 0 Å². The zero-order chi connectivity index (χ0) is 15.8. The first-order valence-electron chi connectivity index (χ1n) is 8.00. The SMILES string of the molecule is N#Cc1ccccc1-c1ccc(C(=O)N[C@@H]2C[C@H]3CC[C@@H]2N3)[nH]1. The molecule has 23 heavy (non-hydrogen) atoms. The third-order valence-corrected chi connectivity index (χ3v) is 4.88. The molecule has 2 fully saturated rings. The minimum atomic E-state index is -0.0787. The van der Waals surface area contributed by atoms with Gasteiger partial charge in [0, 0.05) is 29.4 Å². The van der Waals surface area contributed by atoms with Gasteiger partial charge in [0.15, 0.2) is 0 Å². The van der Waals surface area contributed by atoms with Crippen molar-refractivity contribution in [2.75, 3.05) is 0 Å². The quantitative estimate of drug-likeness (QED) is 0.813. The van der Waals surface area contributed by atoms with Crippen molar-refractivity contribution in [3.63, 3.8) is 0 Å². The monoisotopic (exact) mass is 306 g/mol. The van der Waals surface area contributed by atoms with Crippen molar-refractivity contribution in [2.24, 2.45) is 0 Å². The highest BCUT2D eigenvalue weighted by Gasteiger charge is 2.39. The van der Waals surface area contributed by atoms with Crippen LogP contribution in [0.4, 0.5) is 0 Å². The van der Waals surface area contributed by atoms with E-state index in [1.54, 1.807) is 12.1 Å². The summed E-state index contributed by atoms with van der Waals surface area (Å²) in [7, 11) is 0. The number of carbonyl (C=O) groups excluding carboxylic acids is 1. The topological polar surface area (TPSA) is 80.7 Å². The normalized spacial score (nSPS) is 25.3. The maximum absolute atomic E-state index is 12.4. The minimum absolute atomic E-state index is 0.0787. The van der Waals surface area contributed by atoms with E-state index >= 15 is 0 Å². The molecule has 2 aliphatic heterocycles. The average Bonchev–Trinajstić information content (AvgIpc) is 3.31. The van der Waals surface area contributed by atoms with Gasteiger partial charge >= 0.3 is 0 Å². The molecule has 5 nitrogen and oxygen atoms in total. The average molecular weight is 306 g/mol. The maximum Gasteiger partial charge on any atom is 0.267 e. The fourth-order valence-electron chi connectivity index (χ4n) is 3.73. The molecule has 0 aliphatic carbocycles. The maximum atomic E-state index is 12.4. The number of fused-ring (bicyclic) bond motifs is 2. The van der Waals surface area contributed by atoms with Crippen molar-refractivity contribution in [1.29, 1.82) is 5.26 Å². The third-order valence-electron chi connectivity index (χ3n) is 4.88. The standard InChI is InChI=1S/C18H18N4O/c19-10-11-3-1-2-4-13(11)14-7-8-16(21-14)18(23)22-17-9-12-5-6-15(17)20-12/h1-4,7-8,12,15,17,20-21H,5-6,9H2,(H,22,23)/t12-,15+,17-/m1/s1. The van der Waals surface area contributed by atoms with E-state index in [0.29, 0.717) is 23.3 Å². The van der Waals surface area contributed by atoms with E-state index in [1.807, 2.05) is 24.3 Å². The summed E-state index contributed by atoms with van der Waals surface area (Å²) < 4.78 is 0. The lowest BCUT2D eigenvalue weighted by molar-refractivity contribution is 0.0926. The van der Waals surface area contributed by atoms with Crippen LogP contribution in [0.15, 0.2) is 36.4 Å². The number of nitrogens with one attached hydrogen (secondary N) is 3. The highest BCUT2D eigenvalue weighted by Crippen LogP contribution is 2.28. The van der Waals surface area contributed by atoms with Crippen LogP contribution in [0.25, 0.3) is 11.3 Å². The molecule has 2 aliphatic rings. The van der Waals surface area contributed by atoms with Gasteiger partial charge in [-0.2, -0.15) is 5.26 Å². The molecule has 5 heteroatoms. The van der Waals surface area contributed by atoms with Gasteiger partial charge in [-0.3, -0.25) is 4.79 Å². The fourth-order valence-corrected chi connectivity index (χ4v) is 3.73. The fraction of sp³-hybridized carbons (Fsp3) is 0.333. The number of aromatic amines is 1. The second-order valence-corrected chi connectivity index (χ2v) is 6.31. The molecule has 1 aromatic carbocycles. The highest BCUT2D eigenvalue weighted by atomic mass is 16.2. The van der Waals surface area contributed by atoms with Crippen molar-refractivity contribution < 1.29 is 4.79 Å². The minimum Gasteiger partial charge on any atom is -0.351 e. The molecule has 0 radical (unpaired) electrons. The molecule has 1 amide bonds. The first-order chi connectivity index (χ1) is 11.2. The van der Waals surface area contributed by atoms with Crippen LogP contribution >= 0.6 is 0 Å². The van der Waals surface area contributed by atoms with Gasteiger partial charge < -0.3 is 15.6 Å². The van der Waals surface area contributed by atoms with Crippen LogP contribution in [0, 0.1) is 11.3 Å². The Morgan fingerprint density at radius 3 is 2.83 bits per heavy atom. The lowest BCUT2D eigenvalue weighted by Crippen LogP contribution is -2.43. The second kappa shape index (κ2) is 5.56. The first kappa shape index (κ1) is 14.0. The summed E-state index contributed by atoms with van der Waals surface area (Å²) in [6, 6.07) is 14.4. The van der Waals surface area contributed by atoms with Gasteiger partial charge in [0.2, 0.25) is 0 Å². The lowest BCUT2D eigenvalue weighted by Gasteiger charge is -2.21. The molecular formula is C18H18N4O. The van der Waals surface area contributed by atoms with Crippen LogP contribution in [-0.2, 0) is 0 Å². The smallest absolute Gasteiger partial charge is 0.267 e. The molecule has 0 spiro atoms. The van der Waals surface area contributed by atoms with Crippen LogP contribution < -0.4 is 10.6 Å². The number of nitriles is 1. The molecule has 3 heterocycles. The number of nitrogens with zero attached hydrogens (tertiary/aromatic N) is 1. The van der Waals surface area contributed by atoms with Crippen LogP contribution in [0.3, 0.4) is 0 Å². The van der Waals surface area contributed by atoms with Crippen LogP contribution in [-0.4, -0.2) is 29.0 Å². The predicted octanol–water partition coefficient (Wildman–Crippen LogP) is 2.18. The highest BCUT2D eigenvalue weighted by molar-refractivity contribution is 5.93. The number of benzene rings is 1. The second-order valence-electron chi connectivity index (χ2n) is 6.31. The van der Waals surface area contributed by atoms with Gasteiger partial charge in [0.25, 0.3) is 5.91 Å². The van der Waals surface area contributed by atoms with Gasteiger partial charge in [-0.1, -0.05) is 18.2 Å². The Bertz CT molecular complexity index is 788. The third kappa shape index (κ3) is 2.51. The number of carbonyl (C=O) groups is 1. The molecule has 3 atom stereocenters. The number of hydrogen-bond acceptors (Lipinski definition) is 3. The van der Waals surface area contributed by atoms with E-state index in [9.17, 15) is 10.1 Å². The van der Waals surface area contributed by atoms with Crippen molar-refractivity contribution >= 4 is 5.91 Å². The molecule has 1 aromatic heterocycles. The summed E-state index contributed by atoms with van der Waals surface area (Å²) in [5.41, 5.74) is 2.74. The number of H-pyrrole nitrogens is 1. The van der Waals surface area contributed by atoms with Gasteiger partial charge in [-0.25, -0.2) is 0 Å². The van der Waals surface area contributed by atoms with Gasteiger partial charge in [0.05, 0.1) is 11.6 Å². The van der Waals surface area contributed by atoms with E-state index in [0.717, 1.165) is 24.1 Å². The van der Waals surface area contributed by atoms with Crippen LogP contribution in [0.1, 0.15) is 35.3 Å². The summed E-state index contributed by atoms with van der Waals surface area (Å²) in [6.45, 7) is 0. The summed E-state index contributed by atoms with van der Waals surface area (Å²) in [6.07, 6.45) is 3.37. The number of rotatable bonds is 3. The van der Waals surface area contributed by atoms with Crippen molar-refractivity contribution in [3.05, 3.63) is 47.7 Å². The molecule has 0 saturated carbocycles. The number of hydrogen-bond donors (Lipinski definition) is 3. The van der Waals surface area contributed by atoms with E-state index in [2.05, 4.69) is 21.7 Å². The van der Waals surface area contributed by atoms with Crippen molar-refractivity contribution in [1.82, 2.24) is 15.6 Å². The molecule has 116 valence electrons. The van der Waals surface area contributed by atoms with Gasteiger partial charge in [-0.05, 0) is 37.5 Å². The largest absolute Gasteiger partial charge is 0.351 e. The number of aromatic nitrogens is 1. The van der Waals surface area contributed by atoms with E-state index in [-0.39, 0.29) is 11.9 Å². The summed E-state index contributed by atoms with van der Waals surface area (Å²) in [5, 5.41) is 15.8. The van der Waals surface area contributed by atoms with Crippen LogP contribution in [0.5, 0.6) is 0 Å². The van der Waals surface area contributed by atoms with E-state index < -0.39 is 0 Å². The molecule has 0 unspecified atom stereocenters. The molecule has 2 aromatic rings. The molecule has 2 bridgehead atoms. The molecular weight excluding hydrogens is 288 g/mol. The Morgan fingerprint density at radius 2 is 2.09 bits per heavy atom. The number of amides is 1. The Labute approximate surface area is 134 Å². The Morgan fingerprint density at radius 1 is 1.22 bits per heavy atom. The van der Waals surface area contributed by atoms with E-state index in [1.165, 1.54) is 6.42 Å². The molecule has 3 N–H and O–H groups in total. The van der Waals surface area contributed by atoms with Gasteiger partial charge in [0.1, 0.15) is 5.69 Å². The zero-order valence-electron chi connectivity index (χ0n) is 12.7. The lowest BCUT2D eigenvalue weighted by atomic mass is 9.95. The Kier molecular flexibility index (Phi) is 3.40. The summed E-state index contributed by atoms with van der Waals surface area (Å²) >= 11 is 0. The Balaban J connectivity index is 1.51. The Hall–Kier alpha value is -2.58.